The van der Waals surface area contributed by atoms with Crippen molar-refractivity contribution in [1.29, 1.82) is 0 Å². The summed E-state index contributed by atoms with van der Waals surface area (Å²) in [6, 6.07) is 9.96. The lowest BCUT2D eigenvalue weighted by Gasteiger charge is -2.25. The van der Waals surface area contributed by atoms with Gasteiger partial charge in [0.05, 0.1) is 33.9 Å². The quantitative estimate of drug-likeness (QED) is 0.815. The Morgan fingerprint density at radius 3 is 2.52 bits per heavy atom. The summed E-state index contributed by atoms with van der Waals surface area (Å²) >= 11 is 12.1. The first-order chi connectivity index (χ1) is 12.9. The molecule has 2 aromatic rings. The van der Waals surface area contributed by atoms with E-state index in [1.54, 1.807) is 35.2 Å². The fraction of sp³-hybridized carbons (Fsp3) is 0.158. The molecule has 0 bridgehead atoms. The minimum atomic E-state index is -0.616. The predicted octanol–water partition coefficient (Wildman–Crippen LogP) is 3.78. The first kappa shape index (κ1) is 17.8. The van der Waals surface area contributed by atoms with E-state index in [2.05, 4.69) is 10.6 Å². The van der Waals surface area contributed by atoms with E-state index in [0.717, 1.165) is 5.56 Å². The van der Waals surface area contributed by atoms with Gasteiger partial charge in [-0.15, -0.1) is 0 Å². The van der Waals surface area contributed by atoms with Gasteiger partial charge in [0.1, 0.15) is 5.82 Å². The molecule has 8 heteroatoms. The van der Waals surface area contributed by atoms with Crippen LogP contribution < -0.4 is 10.6 Å². The number of hydrogen-bond acceptors (Lipinski definition) is 2. The molecular formula is C19H14Cl2FN3O2. The first-order valence-corrected chi connectivity index (χ1v) is 8.97. The molecule has 0 fully saturated rings. The SMILES string of the molecule is O=C1NC2=C(C(=O)N(Cc3ccc(F)cc3)C2)[C@@H](c2ccc(Cl)c(Cl)c2)N1. The molecule has 0 unspecified atom stereocenters. The summed E-state index contributed by atoms with van der Waals surface area (Å²) in [6.45, 7) is 0.590. The van der Waals surface area contributed by atoms with Crippen LogP contribution >= 0.6 is 23.2 Å². The van der Waals surface area contributed by atoms with Crippen LogP contribution in [-0.4, -0.2) is 23.4 Å². The van der Waals surface area contributed by atoms with Gasteiger partial charge in [-0.25, -0.2) is 9.18 Å². The lowest BCUT2D eigenvalue weighted by Crippen LogP contribution is -2.44. The van der Waals surface area contributed by atoms with Crippen LogP contribution in [0.15, 0.2) is 53.7 Å². The number of amides is 3. The minimum Gasteiger partial charge on any atom is -0.329 e. The highest BCUT2D eigenvalue weighted by atomic mass is 35.5. The van der Waals surface area contributed by atoms with Gasteiger partial charge >= 0.3 is 6.03 Å². The van der Waals surface area contributed by atoms with Gasteiger partial charge in [0.25, 0.3) is 5.91 Å². The van der Waals surface area contributed by atoms with Gasteiger partial charge in [0.2, 0.25) is 0 Å². The van der Waals surface area contributed by atoms with Crippen LogP contribution in [0.4, 0.5) is 9.18 Å². The Kier molecular flexibility index (Phi) is 4.53. The second-order valence-electron chi connectivity index (χ2n) is 6.38. The lowest BCUT2D eigenvalue weighted by atomic mass is 9.96. The largest absolute Gasteiger partial charge is 0.329 e. The van der Waals surface area contributed by atoms with E-state index in [1.165, 1.54) is 12.1 Å². The zero-order valence-corrected chi connectivity index (χ0v) is 15.4. The molecule has 27 heavy (non-hydrogen) atoms. The van der Waals surface area contributed by atoms with Crippen LogP contribution in [0.25, 0.3) is 0 Å². The van der Waals surface area contributed by atoms with Crippen molar-refractivity contribution in [3.05, 3.63) is 80.7 Å². The zero-order chi connectivity index (χ0) is 19.1. The number of rotatable bonds is 3. The van der Waals surface area contributed by atoms with Crippen LogP contribution in [0, 0.1) is 5.82 Å². The molecule has 0 aliphatic carbocycles. The maximum absolute atomic E-state index is 13.1. The summed E-state index contributed by atoms with van der Waals surface area (Å²) in [4.78, 5) is 26.7. The van der Waals surface area contributed by atoms with Crippen molar-refractivity contribution in [1.82, 2.24) is 15.5 Å². The number of halogens is 3. The number of nitrogens with zero attached hydrogens (tertiary/aromatic N) is 1. The number of hydrogen-bond donors (Lipinski definition) is 2. The standard InChI is InChI=1S/C19H14Cl2FN3O2/c20-13-6-3-11(7-14(13)21)17-16-15(23-19(27)24-17)9-25(18(16)26)8-10-1-4-12(22)5-2-10/h1-7,17H,8-9H2,(H2,23,24,27)/t17-/m1/s1. The summed E-state index contributed by atoms with van der Waals surface area (Å²) in [6.07, 6.45) is 0. The average molecular weight is 406 g/mol. The van der Waals surface area contributed by atoms with Crippen molar-refractivity contribution in [2.24, 2.45) is 0 Å². The average Bonchev–Trinajstić information content (AvgIpc) is 2.94. The molecule has 0 aromatic heterocycles. The summed E-state index contributed by atoms with van der Waals surface area (Å²) < 4.78 is 13.1. The normalized spacial score (nSPS) is 19.1. The third-order valence-corrected chi connectivity index (χ3v) is 5.32. The molecule has 0 radical (unpaired) electrons. The van der Waals surface area contributed by atoms with E-state index in [0.29, 0.717) is 33.4 Å². The Balaban J connectivity index is 1.63. The molecular weight excluding hydrogens is 392 g/mol. The highest BCUT2D eigenvalue weighted by Crippen LogP contribution is 2.35. The maximum Gasteiger partial charge on any atom is 0.319 e. The van der Waals surface area contributed by atoms with E-state index in [1.807, 2.05) is 0 Å². The summed E-state index contributed by atoms with van der Waals surface area (Å²) in [5, 5.41) is 6.21. The molecule has 3 amide bonds. The topological polar surface area (TPSA) is 61.4 Å². The van der Waals surface area contributed by atoms with Gasteiger partial charge in [-0.1, -0.05) is 41.4 Å². The van der Waals surface area contributed by atoms with Gasteiger partial charge in [0.15, 0.2) is 0 Å². The number of carbonyl (C=O) groups excluding carboxylic acids is 2. The fourth-order valence-electron chi connectivity index (χ4n) is 3.31. The number of benzene rings is 2. The molecule has 2 aromatic carbocycles. The Labute approximate surface area is 164 Å². The molecule has 2 heterocycles. The molecule has 4 rings (SSSR count). The van der Waals surface area contributed by atoms with E-state index in [9.17, 15) is 14.0 Å². The Hall–Kier alpha value is -2.57. The molecule has 0 saturated heterocycles. The minimum absolute atomic E-state index is 0.196. The van der Waals surface area contributed by atoms with Crippen LogP contribution in [0.5, 0.6) is 0 Å². The van der Waals surface area contributed by atoms with Crippen LogP contribution in [0.1, 0.15) is 17.2 Å². The monoisotopic (exact) mass is 405 g/mol. The van der Waals surface area contributed by atoms with Crippen molar-refractivity contribution in [3.63, 3.8) is 0 Å². The molecule has 1 atom stereocenters. The number of carbonyl (C=O) groups is 2. The van der Waals surface area contributed by atoms with E-state index in [-0.39, 0.29) is 24.3 Å². The van der Waals surface area contributed by atoms with Gasteiger partial charge in [-0.2, -0.15) is 0 Å². The lowest BCUT2D eigenvalue weighted by molar-refractivity contribution is -0.126. The van der Waals surface area contributed by atoms with Crippen molar-refractivity contribution in [2.75, 3.05) is 6.54 Å². The molecule has 2 aliphatic rings. The van der Waals surface area contributed by atoms with Crippen LogP contribution in [-0.2, 0) is 11.3 Å². The second-order valence-corrected chi connectivity index (χ2v) is 7.20. The molecule has 138 valence electrons. The first-order valence-electron chi connectivity index (χ1n) is 8.21. The zero-order valence-electron chi connectivity index (χ0n) is 13.9. The smallest absolute Gasteiger partial charge is 0.319 e. The third-order valence-electron chi connectivity index (χ3n) is 4.58. The Bertz CT molecular complexity index is 975. The molecule has 0 spiro atoms. The van der Waals surface area contributed by atoms with Crippen molar-refractivity contribution in [3.8, 4) is 0 Å². The molecule has 0 saturated carbocycles. The summed E-state index contributed by atoms with van der Waals surface area (Å²) in [5.74, 6) is -0.530. The van der Waals surface area contributed by atoms with E-state index >= 15 is 0 Å². The van der Waals surface area contributed by atoms with Gasteiger partial charge in [-0.05, 0) is 35.4 Å². The van der Waals surface area contributed by atoms with Gasteiger partial charge in [0, 0.05) is 6.54 Å². The Morgan fingerprint density at radius 2 is 1.81 bits per heavy atom. The van der Waals surface area contributed by atoms with Crippen molar-refractivity contribution in [2.45, 2.75) is 12.6 Å². The maximum atomic E-state index is 13.1. The fourth-order valence-corrected chi connectivity index (χ4v) is 3.61. The van der Waals surface area contributed by atoms with Crippen molar-refractivity contribution < 1.29 is 14.0 Å². The van der Waals surface area contributed by atoms with E-state index < -0.39 is 6.04 Å². The van der Waals surface area contributed by atoms with Crippen LogP contribution in [0.2, 0.25) is 10.0 Å². The summed E-state index contributed by atoms with van der Waals surface area (Å²) in [5.41, 5.74) is 2.50. The summed E-state index contributed by atoms with van der Waals surface area (Å²) in [7, 11) is 0. The highest BCUT2D eigenvalue weighted by molar-refractivity contribution is 6.42. The number of urea groups is 1. The predicted molar refractivity (Wildman–Crippen MR) is 99.7 cm³/mol. The Morgan fingerprint density at radius 1 is 1.07 bits per heavy atom. The molecule has 2 aliphatic heterocycles. The molecule has 5 nitrogen and oxygen atoms in total. The molecule has 2 N–H and O–H groups in total. The third kappa shape index (κ3) is 3.38. The number of nitrogens with one attached hydrogen (secondary N) is 2. The van der Waals surface area contributed by atoms with Crippen LogP contribution in [0.3, 0.4) is 0 Å². The van der Waals surface area contributed by atoms with Gasteiger partial charge < -0.3 is 15.5 Å². The van der Waals surface area contributed by atoms with E-state index in [4.69, 9.17) is 23.2 Å². The van der Waals surface area contributed by atoms with Crippen molar-refractivity contribution >= 4 is 35.1 Å². The highest BCUT2D eigenvalue weighted by Gasteiger charge is 2.40. The second kappa shape index (κ2) is 6.87. The van der Waals surface area contributed by atoms with Gasteiger partial charge in [-0.3, -0.25) is 4.79 Å².